The van der Waals surface area contributed by atoms with Crippen LogP contribution in [-0.4, -0.2) is 42.0 Å². The Balaban J connectivity index is 2.25. The average Bonchev–Trinajstić information content (AvgIpc) is 2.40. The number of carbonyl (C=O) groups excluding carboxylic acids is 1. The van der Waals surface area contributed by atoms with E-state index in [2.05, 4.69) is 5.32 Å². The van der Waals surface area contributed by atoms with Gasteiger partial charge >= 0.3 is 5.97 Å². The predicted molar refractivity (Wildman–Crippen MR) is 77.4 cm³/mol. The van der Waals surface area contributed by atoms with Crippen molar-refractivity contribution in [2.24, 2.45) is 0 Å². The van der Waals surface area contributed by atoms with Crippen LogP contribution in [0.1, 0.15) is 24.0 Å². The minimum Gasteiger partial charge on any atom is -0.481 e. The van der Waals surface area contributed by atoms with Gasteiger partial charge in [0.05, 0.1) is 6.54 Å². The zero-order valence-corrected chi connectivity index (χ0v) is 12.1. The van der Waals surface area contributed by atoms with E-state index in [1.807, 2.05) is 31.2 Å². The van der Waals surface area contributed by atoms with Crippen molar-refractivity contribution in [2.45, 2.75) is 26.3 Å². The molecule has 5 nitrogen and oxygen atoms in total. The normalized spacial score (nSPS) is 10.3. The molecule has 1 rings (SSSR count). The molecule has 0 aliphatic rings. The van der Waals surface area contributed by atoms with Gasteiger partial charge in [-0.05, 0) is 25.5 Å². The van der Waals surface area contributed by atoms with Gasteiger partial charge in [-0.3, -0.25) is 9.59 Å². The number of amides is 1. The Kier molecular flexibility index (Phi) is 6.73. The van der Waals surface area contributed by atoms with Crippen molar-refractivity contribution < 1.29 is 14.7 Å². The van der Waals surface area contributed by atoms with Crippen LogP contribution in [0.3, 0.4) is 0 Å². The molecule has 110 valence electrons. The standard InChI is InChI=1S/C15H22N2O3/c1-12-5-7-13(8-6-12)11-17(2)14(18)10-16-9-3-4-15(19)20/h5-8,16H,3-4,9-11H2,1-2H3,(H,19,20). The number of likely N-dealkylation sites (N-methyl/N-ethyl adjacent to an activating group) is 1. The summed E-state index contributed by atoms with van der Waals surface area (Å²) in [5.41, 5.74) is 2.29. The molecule has 0 atom stereocenters. The van der Waals surface area contributed by atoms with Crippen LogP contribution in [-0.2, 0) is 16.1 Å². The molecule has 1 amide bonds. The van der Waals surface area contributed by atoms with Crippen LogP contribution in [0.4, 0.5) is 0 Å². The number of rotatable bonds is 8. The minimum atomic E-state index is -0.811. The van der Waals surface area contributed by atoms with Gasteiger partial charge in [-0.25, -0.2) is 0 Å². The molecule has 0 aliphatic carbocycles. The highest BCUT2D eigenvalue weighted by atomic mass is 16.4. The number of aryl methyl sites for hydroxylation is 1. The average molecular weight is 278 g/mol. The summed E-state index contributed by atoms with van der Waals surface area (Å²) in [6.07, 6.45) is 0.657. The molecule has 0 bridgehead atoms. The van der Waals surface area contributed by atoms with E-state index >= 15 is 0 Å². The number of aliphatic carboxylic acids is 1. The van der Waals surface area contributed by atoms with Crippen molar-refractivity contribution in [1.82, 2.24) is 10.2 Å². The van der Waals surface area contributed by atoms with E-state index in [0.29, 0.717) is 19.5 Å². The van der Waals surface area contributed by atoms with Gasteiger partial charge in [-0.1, -0.05) is 29.8 Å². The van der Waals surface area contributed by atoms with E-state index in [4.69, 9.17) is 5.11 Å². The third-order valence-electron chi connectivity index (χ3n) is 2.99. The molecule has 5 heteroatoms. The topological polar surface area (TPSA) is 69.6 Å². The Morgan fingerprint density at radius 3 is 2.50 bits per heavy atom. The summed E-state index contributed by atoms with van der Waals surface area (Å²) < 4.78 is 0. The second-order valence-corrected chi connectivity index (χ2v) is 4.91. The second kappa shape index (κ2) is 8.32. The van der Waals surface area contributed by atoms with E-state index < -0.39 is 5.97 Å². The number of carboxylic acids is 1. The van der Waals surface area contributed by atoms with Gasteiger partial charge in [0.25, 0.3) is 0 Å². The van der Waals surface area contributed by atoms with Gasteiger partial charge in [0.2, 0.25) is 5.91 Å². The quantitative estimate of drug-likeness (QED) is 0.705. The molecule has 0 saturated carbocycles. The van der Waals surface area contributed by atoms with E-state index in [9.17, 15) is 9.59 Å². The maximum Gasteiger partial charge on any atom is 0.303 e. The molecule has 2 N–H and O–H groups in total. The molecule has 0 aliphatic heterocycles. The van der Waals surface area contributed by atoms with Crippen molar-refractivity contribution in [3.63, 3.8) is 0 Å². The van der Waals surface area contributed by atoms with Crippen LogP contribution in [0.2, 0.25) is 0 Å². The van der Waals surface area contributed by atoms with E-state index in [1.165, 1.54) is 5.56 Å². The first-order chi connectivity index (χ1) is 9.49. The lowest BCUT2D eigenvalue weighted by Crippen LogP contribution is -2.35. The summed E-state index contributed by atoms with van der Waals surface area (Å²) >= 11 is 0. The fourth-order valence-corrected chi connectivity index (χ4v) is 1.75. The predicted octanol–water partition coefficient (Wildman–Crippen LogP) is 1.41. The van der Waals surface area contributed by atoms with Crippen molar-refractivity contribution in [2.75, 3.05) is 20.1 Å². The number of nitrogens with one attached hydrogen (secondary N) is 1. The Morgan fingerprint density at radius 1 is 1.25 bits per heavy atom. The molecule has 20 heavy (non-hydrogen) atoms. The van der Waals surface area contributed by atoms with Gasteiger partial charge in [0, 0.05) is 20.0 Å². The van der Waals surface area contributed by atoms with Crippen LogP contribution in [0.5, 0.6) is 0 Å². The third kappa shape index (κ3) is 6.33. The molecule has 1 aromatic rings. The molecular formula is C15H22N2O3. The first-order valence-corrected chi connectivity index (χ1v) is 6.71. The van der Waals surface area contributed by atoms with Gasteiger partial charge in [0.1, 0.15) is 0 Å². The molecule has 0 saturated heterocycles. The zero-order chi connectivity index (χ0) is 15.0. The van der Waals surface area contributed by atoms with Gasteiger partial charge in [0.15, 0.2) is 0 Å². The lowest BCUT2D eigenvalue weighted by Gasteiger charge is -2.17. The first kappa shape index (κ1) is 16.2. The fourth-order valence-electron chi connectivity index (χ4n) is 1.75. The van der Waals surface area contributed by atoms with Crippen LogP contribution < -0.4 is 5.32 Å². The number of hydrogen-bond acceptors (Lipinski definition) is 3. The highest BCUT2D eigenvalue weighted by Gasteiger charge is 2.08. The highest BCUT2D eigenvalue weighted by molar-refractivity contribution is 5.77. The summed E-state index contributed by atoms with van der Waals surface area (Å²) in [4.78, 5) is 23.8. The van der Waals surface area contributed by atoms with Crippen LogP contribution in [0, 0.1) is 6.92 Å². The summed E-state index contributed by atoms with van der Waals surface area (Å²) in [5.74, 6) is -0.810. The molecular weight excluding hydrogens is 256 g/mol. The Bertz CT molecular complexity index is 443. The summed E-state index contributed by atoms with van der Waals surface area (Å²) in [6.45, 7) is 3.38. The molecule has 0 unspecified atom stereocenters. The lowest BCUT2D eigenvalue weighted by molar-refractivity contribution is -0.137. The highest BCUT2D eigenvalue weighted by Crippen LogP contribution is 2.05. The fraction of sp³-hybridized carbons (Fsp3) is 0.467. The summed E-state index contributed by atoms with van der Waals surface area (Å²) in [7, 11) is 1.76. The molecule has 0 aromatic heterocycles. The molecule has 0 heterocycles. The Hall–Kier alpha value is -1.88. The first-order valence-electron chi connectivity index (χ1n) is 6.71. The van der Waals surface area contributed by atoms with Gasteiger partial charge in [-0.15, -0.1) is 0 Å². The number of hydrogen-bond donors (Lipinski definition) is 2. The monoisotopic (exact) mass is 278 g/mol. The second-order valence-electron chi connectivity index (χ2n) is 4.91. The van der Waals surface area contributed by atoms with E-state index in [-0.39, 0.29) is 18.9 Å². The lowest BCUT2D eigenvalue weighted by atomic mass is 10.1. The maximum absolute atomic E-state index is 11.9. The van der Waals surface area contributed by atoms with Crippen molar-refractivity contribution in [1.29, 1.82) is 0 Å². The van der Waals surface area contributed by atoms with Crippen LogP contribution in [0.25, 0.3) is 0 Å². The molecule has 0 spiro atoms. The zero-order valence-electron chi connectivity index (χ0n) is 12.1. The SMILES string of the molecule is Cc1ccc(CN(C)C(=O)CNCCCC(=O)O)cc1. The van der Waals surface area contributed by atoms with Gasteiger partial charge in [-0.2, -0.15) is 0 Å². The Labute approximate surface area is 119 Å². The van der Waals surface area contributed by atoms with Crippen molar-refractivity contribution in [3.8, 4) is 0 Å². The largest absolute Gasteiger partial charge is 0.481 e. The summed E-state index contributed by atoms with van der Waals surface area (Å²) in [5, 5.41) is 11.5. The van der Waals surface area contributed by atoms with Crippen LogP contribution in [0.15, 0.2) is 24.3 Å². The molecule has 0 radical (unpaired) electrons. The Morgan fingerprint density at radius 2 is 1.90 bits per heavy atom. The van der Waals surface area contributed by atoms with Crippen molar-refractivity contribution in [3.05, 3.63) is 35.4 Å². The van der Waals surface area contributed by atoms with Crippen LogP contribution >= 0.6 is 0 Å². The third-order valence-corrected chi connectivity index (χ3v) is 2.99. The number of carbonyl (C=O) groups is 2. The molecule has 1 aromatic carbocycles. The molecule has 0 fully saturated rings. The minimum absolute atomic E-state index is 0.000833. The summed E-state index contributed by atoms with van der Waals surface area (Å²) in [6, 6.07) is 8.08. The van der Waals surface area contributed by atoms with E-state index in [0.717, 1.165) is 5.56 Å². The van der Waals surface area contributed by atoms with E-state index in [1.54, 1.807) is 11.9 Å². The smallest absolute Gasteiger partial charge is 0.303 e. The van der Waals surface area contributed by atoms with Gasteiger partial charge < -0.3 is 15.3 Å². The maximum atomic E-state index is 11.9. The van der Waals surface area contributed by atoms with Crippen molar-refractivity contribution >= 4 is 11.9 Å². The number of carboxylic acid groups (broad SMARTS) is 1. The number of nitrogens with zero attached hydrogens (tertiary/aromatic N) is 1. The number of benzene rings is 1.